The maximum absolute atomic E-state index is 14.7. The summed E-state index contributed by atoms with van der Waals surface area (Å²) < 4.78 is 19.7. The van der Waals surface area contributed by atoms with E-state index in [1.807, 2.05) is 17.0 Å². The van der Waals surface area contributed by atoms with Gasteiger partial charge in [-0.1, -0.05) is 6.07 Å². The number of amides is 2. The Morgan fingerprint density at radius 3 is 2.92 bits per heavy atom. The standard InChI is InChI=1S/C18H17FN4O3/c1-20-17(24)16-10-23(18(25)26-16)12-4-5-15(13(19)7-12)22-8-11-3-2-6-21-14(11)9-22/h2-7,16H,8-10H2,1H3,(H,20,24)/t16-/m1/s1. The van der Waals surface area contributed by atoms with Gasteiger partial charge in [0.05, 0.1) is 30.2 Å². The fourth-order valence-corrected chi connectivity index (χ4v) is 3.26. The largest absolute Gasteiger partial charge is 0.434 e. The molecule has 3 heterocycles. The number of halogens is 1. The number of nitrogens with one attached hydrogen (secondary N) is 1. The zero-order chi connectivity index (χ0) is 18.3. The Balaban J connectivity index is 1.54. The van der Waals surface area contributed by atoms with Crippen LogP contribution in [0.25, 0.3) is 0 Å². The van der Waals surface area contributed by atoms with Gasteiger partial charge in [-0.25, -0.2) is 9.18 Å². The van der Waals surface area contributed by atoms with Gasteiger partial charge in [-0.3, -0.25) is 14.7 Å². The van der Waals surface area contributed by atoms with E-state index in [9.17, 15) is 14.0 Å². The summed E-state index contributed by atoms with van der Waals surface area (Å²) >= 11 is 0. The Hall–Kier alpha value is -3.16. The monoisotopic (exact) mass is 356 g/mol. The molecule has 2 aromatic rings. The van der Waals surface area contributed by atoms with Crippen LogP contribution in [0.5, 0.6) is 0 Å². The van der Waals surface area contributed by atoms with Gasteiger partial charge >= 0.3 is 6.09 Å². The molecule has 7 nitrogen and oxygen atoms in total. The van der Waals surface area contributed by atoms with Crippen LogP contribution in [0.2, 0.25) is 0 Å². The van der Waals surface area contributed by atoms with Crippen LogP contribution >= 0.6 is 0 Å². The highest BCUT2D eigenvalue weighted by atomic mass is 19.1. The summed E-state index contributed by atoms with van der Waals surface area (Å²) in [6.07, 6.45) is 0.168. The number of hydrogen-bond acceptors (Lipinski definition) is 5. The molecule has 1 fully saturated rings. The van der Waals surface area contributed by atoms with Crippen LogP contribution in [0, 0.1) is 5.82 Å². The predicted molar refractivity (Wildman–Crippen MR) is 92.2 cm³/mol. The molecule has 0 spiro atoms. The van der Waals surface area contributed by atoms with Gasteiger partial charge in [-0.05, 0) is 29.8 Å². The molecule has 1 N–H and O–H groups in total. The highest BCUT2D eigenvalue weighted by Gasteiger charge is 2.37. The highest BCUT2D eigenvalue weighted by Crippen LogP contribution is 2.32. The Morgan fingerprint density at radius 1 is 1.35 bits per heavy atom. The number of cyclic esters (lactones) is 1. The van der Waals surface area contributed by atoms with Gasteiger partial charge in [-0.15, -0.1) is 0 Å². The van der Waals surface area contributed by atoms with Gasteiger partial charge < -0.3 is 15.0 Å². The van der Waals surface area contributed by atoms with Crippen LogP contribution in [0.15, 0.2) is 36.5 Å². The fourth-order valence-electron chi connectivity index (χ4n) is 3.26. The van der Waals surface area contributed by atoms with Gasteiger partial charge in [0.1, 0.15) is 5.82 Å². The molecule has 1 atom stereocenters. The third kappa shape index (κ3) is 2.73. The van der Waals surface area contributed by atoms with Crippen molar-refractivity contribution in [3.05, 3.63) is 53.6 Å². The van der Waals surface area contributed by atoms with Crippen molar-refractivity contribution >= 4 is 23.4 Å². The topological polar surface area (TPSA) is 74.8 Å². The van der Waals surface area contributed by atoms with Crippen molar-refractivity contribution in [3.8, 4) is 0 Å². The molecule has 0 saturated carbocycles. The van der Waals surface area contributed by atoms with Crippen molar-refractivity contribution < 1.29 is 18.7 Å². The van der Waals surface area contributed by atoms with Gasteiger partial charge in [0, 0.05) is 19.8 Å². The zero-order valence-corrected chi connectivity index (χ0v) is 14.1. The molecule has 134 valence electrons. The third-order valence-corrected chi connectivity index (χ3v) is 4.62. The highest BCUT2D eigenvalue weighted by molar-refractivity contribution is 5.95. The lowest BCUT2D eigenvalue weighted by Crippen LogP contribution is -2.35. The number of likely N-dealkylation sites (N-methyl/N-ethyl adjacent to an activating group) is 1. The average molecular weight is 356 g/mol. The smallest absolute Gasteiger partial charge is 0.415 e. The lowest BCUT2D eigenvalue weighted by Gasteiger charge is -2.20. The first-order valence-electron chi connectivity index (χ1n) is 8.24. The van der Waals surface area contributed by atoms with Crippen LogP contribution in [0.3, 0.4) is 0 Å². The maximum Gasteiger partial charge on any atom is 0.415 e. The van der Waals surface area contributed by atoms with Gasteiger partial charge in [-0.2, -0.15) is 0 Å². The normalized spacial score (nSPS) is 18.7. The predicted octanol–water partition coefficient (Wildman–Crippen LogP) is 1.81. The average Bonchev–Trinajstić information content (AvgIpc) is 3.24. The molecule has 0 aliphatic carbocycles. The Labute approximate surface area is 149 Å². The summed E-state index contributed by atoms with van der Waals surface area (Å²) in [5, 5.41) is 2.44. The molecule has 26 heavy (non-hydrogen) atoms. The number of anilines is 2. The van der Waals surface area contributed by atoms with E-state index in [0.717, 1.165) is 11.3 Å². The number of rotatable bonds is 3. The van der Waals surface area contributed by atoms with Gasteiger partial charge in [0.25, 0.3) is 5.91 Å². The minimum absolute atomic E-state index is 0.0520. The second-order valence-corrected chi connectivity index (χ2v) is 6.20. The second kappa shape index (κ2) is 6.29. The summed E-state index contributed by atoms with van der Waals surface area (Å²) in [6, 6.07) is 8.43. The summed E-state index contributed by atoms with van der Waals surface area (Å²) in [5.74, 6) is -0.827. The first kappa shape index (κ1) is 16.3. The Kier molecular flexibility index (Phi) is 3.95. The molecular formula is C18H17FN4O3. The van der Waals surface area contributed by atoms with Gasteiger partial charge in [0.2, 0.25) is 0 Å². The fraction of sp³-hybridized carbons (Fsp3) is 0.278. The summed E-state index contributed by atoms with van der Waals surface area (Å²) in [6.45, 7) is 1.18. The molecule has 1 aromatic heterocycles. The number of carbonyl (C=O) groups excluding carboxylic acids is 2. The molecule has 2 amide bonds. The second-order valence-electron chi connectivity index (χ2n) is 6.20. The van der Waals surface area contributed by atoms with E-state index in [-0.39, 0.29) is 12.5 Å². The van der Waals surface area contributed by atoms with Crippen molar-refractivity contribution in [1.29, 1.82) is 0 Å². The number of carbonyl (C=O) groups is 2. The van der Waals surface area contributed by atoms with Crippen LogP contribution in [0.4, 0.5) is 20.6 Å². The van der Waals surface area contributed by atoms with E-state index >= 15 is 0 Å². The van der Waals surface area contributed by atoms with Crippen LogP contribution in [-0.2, 0) is 22.6 Å². The lowest BCUT2D eigenvalue weighted by molar-refractivity contribution is -0.127. The van der Waals surface area contributed by atoms with E-state index in [1.54, 1.807) is 18.3 Å². The number of fused-ring (bicyclic) bond motifs is 1. The number of hydrogen-bond donors (Lipinski definition) is 1. The molecule has 0 unspecified atom stereocenters. The van der Waals surface area contributed by atoms with Crippen LogP contribution < -0.4 is 15.1 Å². The number of nitrogens with zero attached hydrogens (tertiary/aromatic N) is 3. The lowest BCUT2D eigenvalue weighted by atomic mass is 10.2. The summed E-state index contributed by atoms with van der Waals surface area (Å²) in [7, 11) is 1.47. The molecule has 0 bridgehead atoms. The molecule has 4 rings (SSSR count). The van der Waals surface area contributed by atoms with E-state index in [4.69, 9.17) is 4.74 Å². The van der Waals surface area contributed by atoms with E-state index in [1.165, 1.54) is 18.0 Å². The molecule has 2 aliphatic heterocycles. The molecule has 0 radical (unpaired) electrons. The van der Waals surface area contributed by atoms with Crippen molar-refractivity contribution in [1.82, 2.24) is 10.3 Å². The maximum atomic E-state index is 14.7. The first-order valence-corrected chi connectivity index (χ1v) is 8.24. The summed E-state index contributed by atoms with van der Waals surface area (Å²) in [4.78, 5) is 31.1. The van der Waals surface area contributed by atoms with E-state index in [2.05, 4.69) is 10.3 Å². The third-order valence-electron chi connectivity index (χ3n) is 4.62. The van der Waals surface area contributed by atoms with Crippen LogP contribution in [-0.4, -0.2) is 36.7 Å². The Bertz CT molecular complexity index is 863. The SMILES string of the molecule is CNC(=O)[C@H]1CN(c2ccc(N3Cc4cccnc4C3)c(F)c2)C(=O)O1. The number of benzene rings is 1. The quantitative estimate of drug-likeness (QED) is 0.908. The van der Waals surface area contributed by atoms with Crippen molar-refractivity contribution in [3.63, 3.8) is 0 Å². The molecular weight excluding hydrogens is 339 g/mol. The van der Waals surface area contributed by atoms with Gasteiger partial charge in [0.15, 0.2) is 6.10 Å². The number of ether oxygens (including phenoxy) is 1. The number of pyridine rings is 1. The van der Waals surface area contributed by atoms with E-state index in [0.29, 0.717) is 24.5 Å². The first-order chi connectivity index (χ1) is 12.6. The minimum Gasteiger partial charge on any atom is -0.434 e. The van der Waals surface area contributed by atoms with Crippen LogP contribution in [0.1, 0.15) is 11.3 Å². The minimum atomic E-state index is -0.894. The van der Waals surface area contributed by atoms with E-state index < -0.39 is 18.0 Å². The Morgan fingerprint density at radius 2 is 2.19 bits per heavy atom. The molecule has 1 saturated heterocycles. The zero-order valence-electron chi connectivity index (χ0n) is 14.1. The van der Waals surface area contributed by atoms with Crippen molar-refractivity contribution in [2.45, 2.75) is 19.2 Å². The van der Waals surface area contributed by atoms with Crippen molar-refractivity contribution in [2.75, 3.05) is 23.4 Å². The summed E-state index contributed by atoms with van der Waals surface area (Å²) in [5.41, 5.74) is 2.82. The number of aromatic nitrogens is 1. The van der Waals surface area contributed by atoms with Crippen molar-refractivity contribution in [2.24, 2.45) is 0 Å². The molecule has 2 aliphatic rings. The molecule has 1 aromatic carbocycles. The molecule has 8 heteroatoms.